The van der Waals surface area contributed by atoms with Crippen LogP contribution in [0.3, 0.4) is 0 Å². The standard InChI is InChI=1S/C18H20O/c1-11-6-7-16(9-13(11)3)18(19)17-10-14(4)12(2)8-15(17)5/h6-10H,1-5H3. The first-order valence-electron chi connectivity index (χ1n) is 6.60. The molecule has 1 heteroatoms. The zero-order chi connectivity index (χ0) is 14.2. The predicted molar refractivity (Wildman–Crippen MR) is 80.0 cm³/mol. The van der Waals surface area contributed by atoms with Crippen molar-refractivity contribution in [3.8, 4) is 0 Å². The second-order valence-corrected chi connectivity index (χ2v) is 5.38. The van der Waals surface area contributed by atoms with Crippen molar-refractivity contribution in [3.63, 3.8) is 0 Å². The van der Waals surface area contributed by atoms with Gasteiger partial charge < -0.3 is 0 Å². The Morgan fingerprint density at radius 1 is 0.684 bits per heavy atom. The Morgan fingerprint density at radius 3 is 1.89 bits per heavy atom. The van der Waals surface area contributed by atoms with E-state index in [-0.39, 0.29) is 5.78 Å². The van der Waals surface area contributed by atoms with Crippen LogP contribution in [0.2, 0.25) is 0 Å². The van der Waals surface area contributed by atoms with Gasteiger partial charge in [0.15, 0.2) is 5.78 Å². The maximum absolute atomic E-state index is 12.6. The van der Waals surface area contributed by atoms with Gasteiger partial charge >= 0.3 is 0 Å². The van der Waals surface area contributed by atoms with Crippen LogP contribution in [-0.2, 0) is 0 Å². The summed E-state index contributed by atoms with van der Waals surface area (Å²) in [5, 5.41) is 0. The molecule has 2 aromatic rings. The van der Waals surface area contributed by atoms with Crippen LogP contribution in [0.5, 0.6) is 0 Å². The SMILES string of the molecule is Cc1ccc(C(=O)c2cc(C)c(C)cc2C)cc1C. The van der Waals surface area contributed by atoms with Crippen LogP contribution in [-0.4, -0.2) is 5.78 Å². The molecule has 0 radical (unpaired) electrons. The molecule has 1 nitrogen and oxygen atoms in total. The van der Waals surface area contributed by atoms with Crippen molar-refractivity contribution in [1.82, 2.24) is 0 Å². The summed E-state index contributed by atoms with van der Waals surface area (Å²) < 4.78 is 0. The molecule has 0 spiro atoms. The molecule has 19 heavy (non-hydrogen) atoms. The maximum atomic E-state index is 12.6. The van der Waals surface area contributed by atoms with Crippen molar-refractivity contribution < 1.29 is 4.79 Å². The van der Waals surface area contributed by atoms with Gasteiger partial charge in [0.25, 0.3) is 0 Å². The number of hydrogen-bond acceptors (Lipinski definition) is 1. The monoisotopic (exact) mass is 252 g/mol. The summed E-state index contributed by atoms with van der Waals surface area (Å²) in [6.45, 7) is 10.2. The van der Waals surface area contributed by atoms with E-state index in [0.29, 0.717) is 0 Å². The largest absolute Gasteiger partial charge is 0.289 e. The van der Waals surface area contributed by atoms with Crippen molar-refractivity contribution in [3.05, 3.63) is 69.3 Å². The summed E-state index contributed by atoms with van der Waals surface area (Å²) >= 11 is 0. The lowest BCUT2D eigenvalue weighted by Crippen LogP contribution is -2.05. The number of carbonyl (C=O) groups excluding carboxylic acids is 1. The Labute approximate surface area is 115 Å². The predicted octanol–water partition coefficient (Wildman–Crippen LogP) is 4.46. The number of rotatable bonds is 2. The Bertz CT molecular complexity index is 651. The second-order valence-electron chi connectivity index (χ2n) is 5.38. The maximum Gasteiger partial charge on any atom is 0.193 e. The van der Waals surface area contributed by atoms with Gasteiger partial charge in [0.05, 0.1) is 0 Å². The van der Waals surface area contributed by atoms with Gasteiger partial charge in [-0.05, 0) is 74.6 Å². The van der Waals surface area contributed by atoms with Gasteiger partial charge in [-0.15, -0.1) is 0 Å². The number of carbonyl (C=O) groups is 1. The van der Waals surface area contributed by atoms with Crippen LogP contribution >= 0.6 is 0 Å². The highest BCUT2D eigenvalue weighted by atomic mass is 16.1. The summed E-state index contributed by atoms with van der Waals surface area (Å²) in [7, 11) is 0. The zero-order valence-electron chi connectivity index (χ0n) is 12.3. The lowest BCUT2D eigenvalue weighted by Gasteiger charge is -2.10. The topological polar surface area (TPSA) is 17.1 Å². The first kappa shape index (κ1) is 13.5. The van der Waals surface area contributed by atoms with Crippen molar-refractivity contribution in [1.29, 1.82) is 0 Å². The number of hydrogen-bond donors (Lipinski definition) is 0. The van der Waals surface area contributed by atoms with Gasteiger partial charge in [-0.1, -0.05) is 18.2 Å². The van der Waals surface area contributed by atoms with Gasteiger partial charge in [0, 0.05) is 11.1 Å². The summed E-state index contributed by atoms with van der Waals surface area (Å²) in [5.74, 6) is 0.115. The molecule has 0 aromatic heterocycles. The summed E-state index contributed by atoms with van der Waals surface area (Å²) in [5.41, 5.74) is 7.40. The molecule has 0 aliphatic heterocycles. The summed E-state index contributed by atoms with van der Waals surface area (Å²) in [4.78, 5) is 12.6. The average Bonchev–Trinajstić information content (AvgIpc) is 2.36. The third-order valence-corrected chi connectivity index (χ3v) is 3.85. The van der Waals surface area contributed by atoms with Gasteiger partial charge in [-0.25, -0.2) is 0 Å². The fourth-order valence-electron chi connectivity index (χ4n) is 2.24. The average molecular weight is 252 g/mol. The van der Waals surface area contributed by atoms with Gasteiger partial charge in [-0.2, -0.15) is 0 Å². The van der Waals surface area contributed by atoms with E-state index in [2.05, 4.69) is 19.9 Å². The number of benzene rings is 2. The Hall–Kier alpha value is -1.89. The van der Waals surface area contributed by atoms with Crippen molar-refractivity contribution in [2.75, 3.05) is 0 Å². The van der Waals surface area contributed by atoms with E-state index in [1.54, 1.807) is 0 Å². The van der Waals surface area contributed by atoms with E-state index < -0.39 is 0 Å². The second kappa shape index (κ2) is 5.00. The molecular formula is C18H20O. The smallest absolute Gasteiger partial charge is 0.193 e. The minimum atomic E-state index is 0.115. The molecule has 98 valence electrons. The van der Waals surface area contributed by atoms with Crippen molar-refractivity contribution in [2.24, 2.45) is 0 Å². The van der Waals surface area contributed by atoms with Crippen LogP contribution in [0.15, 0.2) is 30.3 Å². The molecule has 0 atom stereocenters. The third kappa shape index (κ3) is 2.60. The van der Waals surface area contributed by atoms with E-state index in [0.717, 1.165) is 27.8 Å². The zero-order valence-corrected chi connectivity index (χ0v) is 12.3. The molecule has 0 aliphatic rings. The molecule has 0 heterocycles. The molecular weight excluding hydrogens is 232 g/mol. The molecule has 0 saturated carbocycles. The van der Waals surface area contributed by atoms with Crippen LogP contribution in [0.25, 0.3) is 0 Å². The molecule has 0 saturated heterocycles. The quantitative estimate of drug-likeness (QED) is 0.721. The highest BCUT2D eigenvalue weighted by Crippen LogP contribution is 2.20. The first-order valence-corrected chi connectivity index (χ1v) is 6.60. The van der Waals surface area contributed by atoms with Crippen molar-refractivity contribution in [2.45, 2.75) is 34.6 Å². The molecule has 2 rings (SSSR count). The minimum absolute atomic E-state index is 0.115. The Kier molecular flexibility index (Phi) is 3.57. The van der Waals surface area contributed by atoms with Gasteiger partial charge in [-0.3, -0.25) is 4.79 Å². The lowest BCUT2D eigenvalue weighted by molar-refractivity contribution is 0.103. The number of ketones is 1. The lowest BCUT2D eigenvalue weighted by atomic mass is 9.93. The molecule has 0 unspecified atom stereocenters. The van der Waals surface area contributed by atoms with Gasteiger partial charge in [0.2, 0.25) is 0 Å². The first-order chi connectivity index (χ1) is 8.90. The molecule has 0 amide bonds. The van der Waals surface area contributed by atoms with Crippen LogP contribution in [0.1, 0.15) is 43.7 Å². The van der Waals surface area contributed by atoms with E-state index in [1.165, 1.54) is 11.1 Å². The fraction of sp³-hybridized carbons (Fsp3) is 0.278. The van der Waals surface area contributed by atoms with E-state index in [1.807, 2.05) is 45.0 Å². The molecule has 2 aromatic carbocycles. The van der Waals surface area contributed by atoms with E-state index in [9.17, 15) is 4.79 Å². The van der Waals surface area contributed by atoms with Crippen LogP contribution in [0.4, 0.5) is 0 Å². The highest BCUT2D eigenvalue weighted by molar-refractivity contribution is 6.10. The number of aryl methyl sites for hydroxylation is 5. The molecule has 0 aliphatic carbocycles. The Balaban J connectivity index is 2.49. The molecule has 0 N–H and O–H groups in total. The fourth-order valence-corrected chi connectivity index (χ4v) is 2.24. The van der Waals surface area contributed by atoms with Crippen LogP contribution < -0.4 is 0 Å². The Morgan fingerprint density at radius 2 is 1.26 bits per heavy atom. The molecule has 0 fully saturated rings. The van der Waals surface area contributed by atoms with Crippen molar-refractivity contribution >= 4 is 5.78 Å². The molecule has 0 bridgehead atoms. The normalized spacial score (nSPS) is 10.6. The van der Waals surface area contributed by atoms with Crippen LogP contribution in [0, 0.1) is 34.6 Å². The highest BCUT2D eigenvalue weighted by Gasteiger charge is 2.13. The third-order valence-electron chi connectivity index (χ3n) is 3.85. The minimum Gasteiger partial charge on any atom is -0.289 e. The van der Waals surface area contributed by atoms with E-state index >= 15 is 0 Å². The summed E-state index contributed by atoms with van der Waals surface area (Å²) in [6.07, 6.45) is 0. The van der Waals surface area contributed by atoms with E-state index in [4.69, 9.17) is 0 Å². The summed E-state index contributed by atoms with van der Waals surface area (Å²) in [6, 6.07) is 10.00. The van der Waals surface area contributed by atoms with Gasteiger partial charge in [0.1, 0.15) is 0 Å².